The second kappa shape index (κ2) is 4.54. The molecular formula is C8H14N4. The van der Waals surface area contributed by atoms with Gasteiger partial charge in [-0.05, 0) is 13.8 Å². The van der Waals surface area contributed by atoms with Gasteiger partial charge in [0.2, 0.25) is 0 Å². The van der Waals surface area contributed by atoms with Crippen LogP contribution in [0.1, 0.15) is 13.8 Å². The van der Waals surface area contributed by atoms with Crippen LogP contribution in [-0.2, 0) is 0 Å². The van der Waals surface area contributed by atoms with Crippen LogP contribution in [0.5, 0.6) is 0 Å². The fraction of sp³-hybridized carbons (Fsp3) is 0.500. The highest BCUT2D eigenvalue weighted by molar-refractivity contribution is 5.41. The van der Waals surface area contributed by atoms with Crippen LogP contribution in [0.4, 0.5) is 11.6 Å². The molecule has 0 unspecified atom stereocenters. The van der Waals surface area contributed by atoms with E-state index in [9.17, 15) is 0 Å². The maximum Gasteiger partial charge on any atom is 0.146 e. The van der Waals surface area contributed by atoms with Crippen molar-refractivity contribution in [2.45, 2.75) is 13.8 Å². The third kappa shape index (κ3) is 2.38. The molecular weight excluding hydrogens is 152 g/mol. The molecule has 0 aliphatic heterocycles. The van der Waals surface area contributed by atoms with Crippen LogP contribution in [0, 0.1) is 0 Å². The largest absolute Gasteiger partial charge is 0.369 e. The number of nitrogens with zero attached hydrogens (tertiary/aromatic N) is 2. The van der Waals surface area contributed by atoms with Crippen LogP contribution in [0.15, 0.2) is 12.4 Å². The number of hydrogen-bond acceptors (Lipinski definition) is 4. The summed E-state index contributed by atoms with van der Waals surface area (Å²) < 4.78 is 0. The van der Waals surface area contributed by atoms with Gasteiger partial charge >= 0.3 is 0 Å². The Bertz CT molecular complexity index is 215. The van der Waals surface area contributed by atoms with Gasteiger partial charge in [0.25, 0.3) is 0 Å². The summed E-state index contributed by atoms with van der Waals surface area (Å²) in [6.07, 6.45) is 3.43. The third-order valence-electron chi connectivity index (χ3n) is 1.35. The molecule has 0 fully saturated rings. The van der Waals surface area contributed by atoms with Gasteiger partial charge in [0.05, 0.1) is 12.4 Å². The van der Waals surface area contributed by atoms with Crippen LogP contribution in [0.2, 0.25) is 0 Å². The van der Waals surface area contributed by atoms with Gasteiger partial charge < -0.3 is 10.6 Å². The van der Waals surface area contributed by atoms with E-state index in [0.29, 0.717) is 0 Å². The summed E-state index contributed by atoms with van der Waals surface area (Å²) in [5.74, 6) is 1.63. The van der Waals surface area contributed by atoms with Gasteiger partial charge in [-0.1, -0.05) is 0 Å². The lowest BCUT2D eigenvalue weighted by atomic mass is 10.5. The Hall–Kier alpha value is -1.32. The van der Waals surface area contributed by atoms with E-state index < -0.39 is 0 Å². The van der Waals surface area contributed by atoms with Crippen molar-refractivity contribution in [3.8, 4) is 0 Å². The molecule has 0 saturated carbocycles. The molecule has 0 aromatic carbocycles. The maximum atomic E-state index is 4.27. The molecule has 1 rings (SSSR count). The zero-order chi connectivity index (χ0) is 8.81. The highest BCUT2D eigenvalue weighted by Gasteiger charge is 1.94. The standard InChI is InChI=1S/C8H14N4/c1-3-10-7-5-9-6-8(12-7)11-4-2/h5-6H,3-4H2,1-2H3,(H2,10,11,12). The first-order valence-electron chi connectivity index (χ1n) is 4.16. The lowest BCUT2D eigenvalue weighted by Gasteiger charge is -2.04. The lowest BCUT2D eigenvalue weighted by molar-refractivity contribution is 1.09. The van der Waals surface area contributed by atoms with E-state index in [1.54, 1.807) is 12.4 Å². The monoisotopic (exact) mass is 166 g/mol. The average Bonchev–Trinajstić information content (AvgIpc) is 2.06. The predicted octanol–water partition coefficient (Wildman–Crippen LogP) is 1.34. The van der Waals surface area contributed by atoms with Gasteiger partial charge in [-0.2, -0.15) is 0 Å². The number of rotatable bonds is 4. The second-order valence-electron chi connectivity index (χ2n) is 2.35. The summed E-state index contributed by atoms with van der Waals surface area (Å²) >= 11 is 0. The molecule has 0 radical (unpaired) electrons. The Morgan fingerprint density at radius 3 is 2.00 bits per heavy atom. The van der Waals surface area contributed by atoms with Crippen LogP contribution in [-0.4, -0.2) is 23.1 Å². The molecule has 0 aliphatic rings. The minimum absolute atomic E-state index is 0.816. The predicted molar refractivity (Wildman–Crippen MR) is 50.4 cm³/mol. The molecule has 0 saturated heterocycles. The van der Waals surface area contributed by atoms with Gasteiger partial charge in [0, 0.05) is 13.1 Å². The van der Waals surface area contributed by atoms with Crippen molar-refractivity contribution in [3.63, 3.8) is 0 Å². The van der Waals surface area contributed by atoms with Gasteiger partial charge in [0.15, 0.2) is 0 Å². The molecule has 0 amide bonds. The molecule has 2 N–H and O–H groups in total. The first-order chi connectivity index (χ1) is 5.86. The summed E-state index contributed by atoms with van der Waals surface area (Å²) in [5, 5.41) is 6.19. The molecule has 4 nitrogen and oxygen atoms in total. The third-order valence-corrected chi connectivity index (χ3v) is 1.35. The van der Waals surface area contributed by atoms with Crippen molar-refractivity contribution in [1.29, 1.82) is 0 Å². The van der Waals surface area contributed by atoms with Crippen molar-refractivity contribution < 1.29 is 0 Å². The molecule has 1 aromatic rings. The summed E-state index contributed by atoms with van der Waals surface area (Å²) in [6, 6.07) is 0. The van der Waals surface area contributed by atoms with Crippen molar-refractivity contribution in [2.75, 3.05) is 23.7 Å². The first kappa shape index (κ1) is 8.77. The molecule has 1 aromatic heterocycles. The summed E-state index contributed by atoms with van der Waals surface area (Å²) in [4.78, 5) is 8.30. The Morgan fingerprint density at radius 2 is 1.58 bits per heavy atom. The van der Waals surface area contributed by atoms with Crippen LogP contribution in [0.3, 0.4) is 0 Å². The van der Waals surface area contributed by atoms with E-state index in [1.165, 1.54) is 0 Å². The molecule has 4 heteroatoms. The Labute approximate surface area is 72.4 Å². The van der Waals surface area contributed by atoms with E-state index >= 15 is 0 Å². The van der Waals surface area contributed by atoms with Gasteiger partial charge in [0.1, 0.15) is 11.6 Å². The minimum Gasteiger partial charge on any atom is -0.369 e. The van der Waals surface area contributed by atoms with E-state index in [0.717, 1.165) is 24.7 Å². The van der Waals surface area contributed by atoms with Gasteiger partial charge in [-0.25, -0.2) is 4.98 Å². The molecule has 1 heterocycles. The molecule has 0 spiro atoms. The highest BCUT2D eigenvalue weighted by Crippen LogP contribution is 2.05. The quantitative estimate of drug-likeness (QED) is 0.708. The van der Waals surface area contributed by atoms with E-state index in [-0.39, 0.29) is 0 Å². The smallest absolute Gasteiger partial charge is 0.146 e. The number of nitrogens with one attached hydrogen (secondary N) is 2. The van der Waals surface area contributed by atoms with E-state index in [4.69, 9.17) is 0 Å². The number of hydrogen-bond donors (Lipinski definition) is 2. The number of anilines is 2. The highest BCUT2D eigenvalue weighted by atomic mass is 15.1. The van der Waals surface area contributed by atoms with Gasteiger partial charge in [-0.15, -0.1) is 0 Å². The first-order valence-corrected chi connectivity index (χ1v) is 4.16. The minimum atomic E-state index is 0.816. The van der Waals surface area contributed by atoms with Crippen molar-refractivity contribution >= 4 is 11.6 Å². The normalized spacial score (nSPS) is 9.50. The molecule has 0 aliphatic carbocycles. The molecule has 66 valence electrons. The van der Waals surface area contributed by atoms with Crippen LogP contribution < -0.4 is 10.6 Å². The van der Waals surface area contributed by atoms with E-state index in [2.05, 4.69) is 20.6 Å². The summed E-state index contributed by atoms with van der Waals surface area (Å²) in [5.41, 5.74) is 0. The summed E-state index contributed by atoms with van der Waals surface area (Å²) in [7, 11) is 0. The Balaban J connectivity index is 2.67. The second-order valence-corrected chi connectivity index (χ2v) is 2.35. The zero-order valence-electron chi connectivity index (χ0n) is 7.46. The molecule has 0 atom stereocenters. The van der Waals surface area contributed by atoms with Crippen molar-refractivity contribution in [2.24, 2.45) is 0 Å². The fourth-order valence-corrected chi connectivity index (χ4v) is 0.899. The zero-order valence-corrected chi connectivity index (χ0v) is 7.46. The van der Waals surface area contributed by atoms with E-state index in [1.807, 2.05) is 13.8 Å². The Kier molecular flexibility index (Phi) is 3.32. The van der Waals surface area contributed by atoms with Crippen LogP contribution >= 0.6 is 0 Å². The molecule has 12 heavy (non-hydrogen) atoms. The average molecular weight is 166 g/mol. The van der Waals surface area contributed by atoms with Gasteiger partial charge in [-0.3, -0.25) is 4.98 Å². The summed E-state index contributed by atoms with van der Waals surface area (Å²) in [6.45, 7) is 5.79. The topological polar surface area (TPSA) is 49.8 Å². The van der Waals surface area contributed by atoms with Crippen molar-refractivity contribution in [1.82, 2.24) is 9.97 Å². The lowest BCUT2D eigenvalue weighted by Crippen LogP contribution is -2.04. The Morgan fingerprint density at radius 1 is 1.08 bits per heavy atom. The SMILES string of the molecule is CCNc1cncc(NCC)n1. The van der Waals surface area contributed by atoms with Crippen LogP contribution in [0.25, 0.3) is 0 Å². The van der Waals surface area contributed by atoms with Crippen molar-refractivity contribution in [3.05, 3.63) is 12.4 Å². The fourth-order valence-electron chi connectivity index (χ4n) is 0.899. The maximum absolute atomic E-state index is 4.27. The molecule has 0 bridgehead atoms. The number of aromatic nitrogens is 2.